The summed E-state index contributed by atoms with van der Waals surface area (Å²) < 4.78 is 0. The van der Waals surface area contributed by atoms with Crippen molar-refractivity contribution in [3.8, 4) is 0 Å². The summed E-state index contributed by atoms with van der Waals surface area (Å²) in [5, 5.41) is 3.22. The summed E-state index contributed by atoms with van der Waals surface area (Å²) in [5.74, 6) is -0.351. The molecule has 0 bridgehead atoms. The van der Waals surface area contributed by atoms with E-state index >= 15 is 0 Å². The van der Waals surface area contributed by atoms with Crippen molar-refractivity contribution in [1.82, 2.24) is 0 Å². The maximum absolute atomic E-state index is 12.7. The summed E-state index contributed by atoms with van der Waals surface area (Å²) in [4.78, 5) is 26.3. The predicted molar refractivity (Wildman–Crippen MR) is 91.6 cm³/mol. The number of imide groups is 1. The number of hydrogen-bond donors (Lipinski definition) is 1. The van der Waals surface area contributed by atoms with E-state index in [0.29, 0.717) is 5.69 Å². The first-order chi connectivity index (χ1) is 11.0. The summed E-state index contributed by atoms with van der Waals surface area (Å²) in [5.41, 5.74) is 4.73. The smallest absolute Gasteiger partial charge is 0.256 e. The molecule has 1 saturated heterocycles. The van der Waals surface area contributed by atoms with Crippen LogP contribution in [0.3, 0.4) is 0 Å². The maximum atomic E-state index is 12.7. The van der Waals surface area contributed by atoms with Crippen LogP contribution >= 0.6 is 0 Å². The Hall–Kier alpha value is -2.62. The first kappa shape index (κ1) is 15.3. The third-order valence-corrected chi connectivity index (χ3v) is 4.21. The molecule has 0 aromatic heterocycles. The summed E-state index contributed by atoms with van der Waals surface area (Å²) in [7, 11) is 0. The first-order valence-electron chi connectivity index (χ1n) is 7.73. The van der Waals surface area contributed by atoms with Crippen molar-refractivity contribution in [1.29, 1.82) is 0 Å². The van der Waals surface area contributed by atoms with Crippen LogP contribution in [0.5, 0.6) is 0 Å². The van der Waals surface area contributed by atoms with Gasteiger partial charge in [0.15, 0.2) is 0 Å². The van der Waals surface area contributed by atoms with E-state index in [1.165, 1.54) is 10.5 Å². The number of nitrogens with zero attached hydrogens (tertiary/aromatic N) is 1. The molecule has 3 rings (SSSR count). The normalized spacial score (nSPS) is 17.7. The Kier molecular flexibility index (Phi) is 3.90. The van der Waals surface area contributed by atoms with Crippen molar-refractivity contribution in [2.75, 3.05) is 10.2 Å². The number of anilines is 2. The standard InChI is InChI=1S/C19H20N2O2/c1-12-8-9-15(14(3)10-12)20-16-11-18(22)21(19(16)23)17-7-5-4-6-13(17)2/h4-10,16,20H,11H2,1-3H3. The summed E-state index contributed by atoms with van der Waals surface area (Å²) >= 11 is 0. The van der Waals surface area contributed by atoms with E-state index in [1.807, 2.05) is 57.2 Å². The minimum Gasteiger partial charge on any atom is -0.373 e. The van der Waals surface area contributed by atoms with Gasteiger partial charge in [-0.05, 0) is 44.0 Å². The fraction of sp³-hybridized carbons (Fsp3) is 0.263. The number of nitrogens with one attached hydrogen (secondary N) is 1. The van der Waals surface area contributed by atoms with Gasteiger partial charge < -0.3 is 5.32 Å². The van der Waals surface area contributed by atoms with E-state index in [4.69, 9.17) is 0 Å². The van der Waals surface area contributed by atoms with Crippen LogP contribution in [0.4, 0.5) is 11.4 Å². The van der Waals surface area contributed by atoms with Crippen LogP contribution in [0.15, 0.2) is 42.5 Å². The highest BCUT2D eigenvalue weighted by atomic mass is 16.2. The quantitative estimate of drug-likeness (QED) is 0.885. The molecule has 4 nitrogen and oxygen atoms in total. The van der Waals surface area contributed by atoms with Crippen molar-refractivity contribution in [2.24, 2.45) is 0 Å². The van der Waals surface area contributed by atoms with E-state index < -0.39 is 6.04 Å². The molecule has 0 radical (unpaired) electrons. The summed E-state index contributed by atoms with van der Waals surface area (Å²) in [6.45, 7) is 5.93. The molecule has 1 unspecified atom stereocenters. The topological polar surface area (TPSA) is 49.4 Å². The van der Waals surface area contributed by atoms with Crippen LogP contribution in [0.2, 0.25) is 0 Å². The van der Waals surface area contributed by atoms with Crippen LogP contribution < -0.4 is 10.2 Å². The van der Waals surface area contributed by atoms with Crippen LogP contribution in [0, 0.1) is 20.8 Å². The third kappa shape index (κ3) is 2.84. The highest BCUT2D eigenvalue weighted by molar-refractivity contribution is 6.23. The van der Waals surface area contributed by atoms with Gasteiger partial charge in [0.25, 0.3) is 5.91 Å². The molecule has 1 N–H and O–H groups in total. The zero-order valence-corrected chi connectivity index (χ0v) is 13.6. The molecular weight excluding hydrogens is 288 g/mol. The van der Waals surface area contributed by atoms with Crippen molar-refractivity contribution in [3.05, 3.63) is 59.2 Å². The Morgan fingerprint density at radius 3 is 2.43 bits per heavy atom. The van der Waals surface area contributed by atoms with E-state index in [2.05, 4.69) is 11.4 Å². The van der Waals surface area contributed by atoms with E-state index in [-0.39, 0.29) is 18.2 Å². The monoisotopic (exact) mass is 308 g/mol. The van der Waals surface area contributed by atoms with Crippen LogP contribution in [-0.2, 0) is 9.59 Å². The number of carbonyl (C=O) groups is 2. The Bertz CT molecular complexity index is 783. The van der Waals surface area contributed by atoms with Gasteiger partial charge in [0, 0.05) is 5.69 Å². The molecule has 1 heterocycles. The molecular formula is C19H20N2O2. The molecule has 1 aliphatic rings. The second-order valence-electron chi connectivity index (χ2n) is 6.07. The molecule has 118 valence electrons. The molecule has 0 aliphatic carbocycles. The molecule has 1 fully saturated rings. The number of benzene rings is 2. The van der Waals surface area contributed by atoms with Crippen LogP contribution in [0.25, 0.3) is 0 Å². The Morgan fingerprint density at radius 1 is 1.00 bits per heavy atom. The van der Waals surface area contributed by atoms with Gasteiger partial charge >= 0.3 is 0 Å². The zero-order chi connectivity index (χ0) is 16.6. The fourth-order valence-electron chi connectivity index (χ4n) is 2.98. The van der Waals surface area contributed by atoms with E-state index in [1.54, 1.807) is 0 Å². The lowest BCUT2D eigenvalue weighted by Gasteiger charge is -2.18. The number of carbonyl (C=O) groups excluding carboxylic acids is 2. The van der Waals surface area contributed by atoms with Gasteiger partial charge in [-0.2, -0.15) is 0 Å². The second kappa shape index (κ2) is 5.88. The van der Waals surface area contributed by atoms with Crippen molar-refractivity contribution in [3.63, 3.8) is 0 Å². The molecule has 4 heteroatoms. The van der Waals surface area contributed by atoms with Crippen molar-refractivity contribution >= 4 is 23.2 Å². The lowest BCUT2D eigenvalue weighted by molar-refractivity contribution is -0.121. The molecule has 0 spiro atoms. The molecule has 2 amide bonds. The number of para-hydroxylation sites is 1. The number of hydrogen-bond acceptors (Lipinski definition) is 3. The van der Waals surface area contributed by atoms with Gasteiger partial charge in [0.1, 0.15) is 6.04 Å². The Morgan fingerprint density at radius 2 is 1.74 bits per heavy atom. The van der Waals surface area contributed by atoms with Crippen molar-refractivity contribution < 1.29 is 9.59 Å². The van der Waals surface area contributed by atoms with Gasteiger partial charge in [-0.1, -0.05) is 35.9 Å². The molecule has 0 saturated carbocycles. The minimum atomic E-state index is -0.511. The second-order valence-corrected chi connectivity index (χ2v) is 6.07. The highest BCUT2D eigenvalue weighted by Gasteiger charge is 2.40. The first-order valence-corrected chi connectivity index (χ1v) is 7.73. The number of amides is 2. The molecule has 1 aliphatic heterocycles. The molecule has 1 atom stereocenters. The van der Waals surface area contributed by atoms with Gasteiger partial charge in [-0.25, -0.2) is 4.90 Å². The predicted octanol–water partition coefficient (Wildman–Crippen LogP) is 3.36. The SMILES string of the molecule is Cc1ccc(NC2CC(=O)N(c3ccccc3C)C2=O)c(C)c1. The average Bonchev–Trinajstić information content (AvgIpc) is 2.77. The summed E-state index contributed by atoms with van der Waals surface area (Å²) in [6.07, 6.45) is 0.181. The molecule has 2 aromatic carbocycles. The van der Waals surface area contributed by atoms with Gasteiger partial charge in [0.2, 0.25) is 5.91 Å². The fourth-order valence-corrected chi connectivity index (χ4v) is 2.98. The average molecular weight is 308 g/mol. The molecule has 23 heavy (non-hydrogen) atoms. The number of rotatable bonds is 3. The Balaban J connectivity index is 1.85. The Labute approximate surface area is 136 Å². The van der Waals surface area contributed by atoms with Gasteiger partial charge in [0.05, 0.1) is 12.1 Å². The van der Waals surface area contributed by atoms with Crippen molar-refractivity contribution in [2.45, 2.75) is 33.2 Å². The maximum Gasteiger partial charge on any atom is 0.256 e. The van der Waals surface area contributed by atoms with Crippen LogP contribution in [-0.4, -0.2) is 17.9 Å². The lowest BCUT2D eigenvalue weighted by Crippen LogP contribution is -2.35. The zero-order valence-electron chi connectivity index (χ0n) is 13.6. The minimum absolute atomic E-state index is 0.161. The summed E-state index contributed by atoms with van der Waals surface area (Å²) in [6, 6.07) is 13.0. The highest BCUT2D eigenvalue weighted by Crippen LogP contribution is 2.28. The molecule has 2 aromatic rings. The largest absolute Gasteiger partial charge is 0.373 e. The van der Waals surface area contributed by atoms with E-state index in [9.17, 15) is 9.59 Å². The van der Waals surface area contributed by atoms with E-state index in [0.717, 1.165) is 16.8 Å². The number of aryl methyl sites for hydroxylation is 3. The van der Waals surface area contributed by atoms with Gasteiger partial charge in [-0.15, -0.1) is 0 Å². The van der Waals surface area contributed by atoms with Crippen LogP contribution in [0.1, 0.15) is 23.1 Å². The van der Waals surface area contributed by atoms with Gasteiger partial charge in [-0.3, -0.25) is 9.59 Å². The lowest BCUT2D eigenvalue weighted by atomic mass is 10.1. The third-order valence-electron chi connectivity index (χ3n) is 4.21.